The van der Waals surface area contributed by atoms with Crippen LogP contribution in [0.1, 0.15) is 37.3 Å². The maximum absolute atomic E-state index is 14.2. The molecule has 0 spiro atoms. The average molecular weight is 290 g/mol. The first-order chi connectivity index (χ1) is 10.2. The fourth-order valence-electron chi connectivity index (χ4n) is 2.78. The van der Waals surface area contributed by atoms with Crippen molar-refractivity contribution in [2.24, 2.45) is 4.99 Å². The van der Waals surface area contributed by atoms with Crippen LogP contribution in [0.4, 0.5) is 4.39 Å². The van der Waals surface area contributed by atoms with Gasteiger partial charge in [0.05, 0.1) is 0 Å². The molecule has 1 aromatic carbocycles. The van der Waals surface area contributed by atoms with Crippen LogP contribution < -0.4 is 10.1 Å². The highest BCUT2D eigenvalue weighted by atomic mass is 19.1. The van der Waals surface area contributed by atoms with Crippen molar-refractivity contribution in [1.29, 1.82) is 0 Å². The normalized spacial score (nSPS) is 25.3. The van der Waals surface area contributed by atoms with E-state index >= 15 is 0 Å². The molecule has 4 nitrogen and oxygen atoms in total. The number of nitrogens with zero attached hydrogens (tertiary/aromatic N) is 1. The van der Waals surface area contributed by atoms with E-state index in [0.717, 1.165) is 19.4 Å². The van der Waals surface area contributed by atoms with Gasteiger partial charge in [0.2, 0.25) is 0 Å². The van der Waals surface area contributed by atoms with Crippen LogP contribution in [0.15, 0.2) is 23.2 Å². The van der Waals surface area contributed by atoms with Gasteiger partial charge < -0.3 is 10.1 Å². The van der Waals surface area contributed by atoms with Crippen molar-refractivity contribution >= 4 is 12.0 Å². The van der Waals surface area contributed by atoms with Crippen molar-refractivity contribution in [2.45, 2.75) is 37.8 Å². The monoisotopic (exact) mass is 290 g/mol. The number of ketones is 1. The Morgan fingerprint density at radius 2 is 2.33 bits per heavy atom. The molecule has 1 fully saturated rings. The molecule has 0 aliphatic carbocycles. The lowest BCUT2D eigenvalue weighted by Crippen LogP contribution is -2.28. The summed E-state index contributed by atoms with van der Waals surface area (Å²) < 4.78 is 19.8. The number of ether oxygens (including phenoxy) is 1. The zero-order valence-electron chi connectivity index (χ0n) is 11.8. The molecule has 112 valence electrons. The quantitative estimate of drug-likeness (QED) is 0.926. The summed E-state index contributed by atoms with van der Waals surface area (Å²) in [5, 5.41) is 3.33. The summed E-state index contributed by atoms with van der Waals surface area (Å²) in [4.78, 5) is 15.9. The van der Waals surface area contributed by atoms with Gasteiger partial charge in [0.25, 0.3) is 0 Å². The highest BCUT2D eigenvalue weighted by Crippen LogP contribution is 2.28. The second kappa shape index (κ2) is 6.35. The Kier molecular flexibility index (Phi) is 4.29. The molecule has 2 aliphatic rings. The van der Waals surface area contributed by atoms with E-state index in [2.05, 4.69) is 10.3 Å². The molecule has 0 radical (unpaired) electrons. The van der Waals surface area contributed by atoms with Crippen LogP contribution in [-0.2, 0) is 4.79 Å². The first-order valence-electron chi connectivity index (χ1n) is 7.44. The summed E-state index contributed by atoms with van der Waals surface area (Å²) >= 11 is 0. The maximum atomic E-state index is 14.2. The first kappa shape index (κ1) is 14.2. The fraction of sp³-hybridized carbons (Fsp3) is 0.500. The number of aliphatic imine (C=N–C) groups is 1. The number of nitrogens with one attached hydrogen (secondary N) is 1. The zero-order chi connectivity index (χ0) is 14.7. The molecule has 2 aliphatic heterocycles. The molecule has 0 bridgehead atoms. The highest BCUT2D eigenvalue weighted by Gasteiger charge is 2.24. The summed E-state index contributed by atoms with van der Waals surface area (Å²) in [7, 11) is 0. The molecular formula is C16H19FN2O2. The van der Waals surface area contributed by atoms with Crippen LogP contribution in [0, 0.1) is 5.82 Å². The Labute approximate surface area is 123 Å². The van der Waals surface area contributed by atoms with E-state index in [1.165, 1.54) is 6.07 Å². The Morgan fingerprint density at radius 3 is 3.05 bits per heavy atom. The molecule has 0 aromatic heterocycles. The van der Waals surface area contributed by atoms with Gasteiger partial charge in [0.15, 0.2) is 5.78 Å². The van der Waals surface area contributed by atoms with Crippen molar-refractivity contribution in [3.8, 4) is 5.75 Å². The number of hydrogen-bond donors (Lipinski definition) is 1. The van der Waals surface area contributed by atoms with Crippen LogP contribution in [0.25, 0.3) is 0 Å². The predicted octanol–water partition coefficient (Wildman–Crippen LogP) is 2.43. The zero-order valence-corrected chi connectivity index (χ0v) is 11.8. The van der Waals surface area contributed by atoms with Gasteiger partial charge in [-0.3, -0.25) is 9.79 Å². The van der Waals surface area contributed by atoms with E-state index in [1.54, 1.807) is 18.3 Å². The number of rotatable bonds is 4. The third-order valence-corrected chi connectivity index (χ3v) is 3.96. The van der Waals surface area contributed by atoms with Crippen molar-refractivity contribution in [3.05, 3.63) is 29.6 Å². The lowest BCUT2D eigenvalue weighted by molar-refractivity contribution is -0.120. The lowest BCUT2D eigenvalue weighted by Gasteiger charge is -2.17. The van der Waals surface area contributed by atoms with Gasteiger partial charge in [0, 0.05) is 30.3 Å². The number of benzene rings is 1. The molecule has 1 saturated heterocycles. The molecule has 2 atom stereocenters. The van der Waals surface area contributed by atoms with Crippen LogP contribution in [0.3, 0.4) is 0 Å². The minimum atomic E-state index is -0.690. The van der Waals surface area contributed by atoms with Gasteiger partial charge in [-0.15, -0.1) is 0 Å². The lowest BCUT2D eigenvalue weighted by atomic mass is 9.97. The van der Waals surface area contributed by atoms with Gasteiger partial charge in [-0.25, -0.2) is 4.39 Å². The summed E-state index contributed by atoms with van der Waals surface area (Å²) in [5.74, 6) is 0.0432. The van der Waals surface area contributed by atoms with Crippen molar-refractivity contribution < 1.29 is 13.9 Å². The van der Waals surface area contributed by atoms with Gasteiger partial charge in [-0.05, 0) is 37.9 Å². The van der Waals surface area contributed by atoms with Crippen molar-refractivity contribution in [2.75, 3.05) is 13.2 Å². The fourth-order valence-corrected chi connectivity index (χ4v) is 2.78. The number of Topliss-reactive ketones (excluding diaryl/α,β-unsaturated/α-hetero) is 1. The minimum Gasteiger partial charge on any atom is -0.492 e. The standard InChI is InChI=1S/C16H19FN2O2/c17-14-9-12(21-10-11-3-1-7-18-11)5-6-13(14)16-15(20)4-2-8-19-16/h5-6,8-9,11,16,18H,1-4,7,10H2. The van der Waals surface area contributed by atoms with E-state index in [4.69, 9.17) is 4.74 Å². The topological polar surface area (TPSA) is 50.7 Å². The summed E-state index contributed by atoms with van der Waals surface area (Å²) in [5.41, 5.74) is 0.335. The molecule has 2 unspecified atom stereocenters. The Morgan fingerprint density at radius 1 is 1.43 bits per heavy atom. The average Bonchev–Trinajstić information content (AvgIpc) is 3.00. The number of carbonyl (C=O) groups excluding carboxylic acids is 1. The van der Waals surface area contributed by atoms with E-state index in [-0.39, 0.29) is 5.78 Å². The Bertz CT molecular complexity index is 553. The first-order valence-corrected chi connectivity index (χ1v) is 7.44. The largest absolute Gasteiger partial charge is 0.492 e. The second-order valence-electron chi connectivity index (χ2n) is 5.53. The third-order valence-electron chi connectivity index (χ3n) is 3.96. The molecule has 2 heterocycles. The van der Waals surface area contributed by atoms with Gasteiger partial charge >= 0.3 is 0 Å². The van der Waals surface area contributed by atoms with Crippen LogP contribution in [0.2, 0.25) is 0 Å². The van der Waals surface area contributed by atoms with Gasteiger partial charge in [-0.1, -0.05) is 0 Å². The predicted molar refractivity (Wildman–Crippen MR) is 78.4 cm³/mol. The molecule has 0 saturated carbocycles. The van der Waals surface area contributed by atoms with E-state index < -0.39 is 11.9 Å². The molecule has 3 rings (SSSR count). The van der Waals surface area contributed by atoms with Crippen molar-refractivity contribution in [3.63, 3.8) is 0 Å². The SMILES string of the molecule is O=C1CCC=NC1c1ccc(OCC2CCCN2)cc1F. The molecule has 1 N–H and O–H groups in total. The van der Waals surface area contributed by atoms with Gasteiger partial charge in [-0.2, -0.15) is 0 Å². The molecular weight excluding hydrogens is 271 g/mol. The van der Waals surface area contributed by atoms with Crippen molar-refractivity contribution in [1.82, 2.24) is 5.32 Å². The smallest absolute Gasteiger partial charge is 0.162 e. The molecule has 1 aromatic rings. The minimum absolute atomic E-state index is 0.0276. The van der Waals surface area contributed by atoms with Crippen LogP contribution in [0.5, 0.6) is 5.75 Å². The van der Waals surface area contributed by atoms with E-state index in [1.807, 2.05) is 0 Å². The molecule has 21 heavy (non-hydrogen) atoms. The number of carbonyl (C=O) groups is 1. The number of hydrogen-bond acceptors (Lipinski definition) is 4. The molecule has 5 heteroatoms. The highest BCUT2D eigenvalue weighted by molar-refractivity contribution is 5.90. The summed E-state index contributed by atoms with van der Waals surface area (Å²) in [6, 6.07) is 4.33. The van der Waals surface area contributed by atoms with E-state index in [0.29, 0.717) is 36.8 Å². The Hall–Kier alpha value is -1.75. The third kappa shape index (κ3) is 3.29. The maximum Gasteiger partial charge on any atom is 0.162 e. The van der Waals surface area contributed by atoms with Gasteiger partial charge in [0.1, 0.15) is 24.2 Å². The van der Waals surface area contributed by atoms with Crippen LogP contribution >= 0.6 is 0 Å². The summed E-state index contributed by atoms with van der Waals surface area (Å²) in [6.45, 7) is 1.56. The van der Waals surface area contributed by atoms with E-state index in [9.17, 15) is 9.18 Å². The summed E-state index contributed by atoms with van der Waals surface area (Å²) in [6.07, 6.45) is 5.02. The number of halogens is 1. The Balaban J connectivity index is 1.68. The second-order valence-corrected chi connectivity index (χ2v) is 5.53. The molecule has 0 amide bonds. The van der Waals surface area contributed by atoms with Crippen LogP contribution in [-0.4, -0.2) is 31.2 Å².